The van der Waals surface area contributed by atoms with E-state index in [2.05, 4.69) is 69.3 Å². The fourth-order valence-corrected chi connectivity index (χ4v) is 1.52. The van der Waals surface area contributed by atoms with Crippen molar-refractivity contribution >= 4 is 4.73 Å². The summed E-state index contributed by atoms with van der Waals surface area (Å²) in [6.45, 7) is 13.2. The maximum Gasteiger partial charge on any atom is 0 e. The second kappa shape index (κ2) is 5.61. The van der Waals surface area contributed by atoms with Crippen molar-refractivity contribution in [2.45, 2.75) is 41.5 Å². The van der Waals surface area contributed by atoms with Gasteiger partial charge in [-0.15, -0.1) is 0 Å². The Kier molecular flexibility index (Phi) is 7.00. The number of hydrogen-bond donors (Lipinski definition) is 0. The van der Waals surface area contributed by atoms with Crippen LogP contribution in [0.2, 0.25) is 0 Å². The van der Waals surface area contributed by atoms with Crippen molar-refractivity contribution in [2.75, 3.05) is 0 Å². The van der Waals surface area contributed by atoms with Gasteiger partial charge >= 0.3 is 85.7 Å². The molecule has 0 aromatic heterocycles. The van der Waals surface area contributed by atoms with Crippen molar-refractivity contribution in [3.05, 3.63) is 11.6 Å². The van der Waals surface area contributed by atoms with Crippen LogP contribution < -0.4 is 0 Å². The molecular weight excluding hydrogens is 234 g/mol. The first kappa shape index (κ1) is 16.2. The molecule has 13 heavy (non-hydrogen) atoms. The number of rotatable bonds is 1. The van der Waals surface area contributed by atoms with Crippen molar-refractivity contribution in [1.82, 2.24) is 0 Å². The molecule has 0 rings (SSSR count). The van der Waals surface area contributed by atoms with Gasteiger partial charge in [-0.05, 0) is 0 Å². The van der Waals surface area contributed by atoms with Gasteiger partial charge in [-0.3, -0.25) is 0 Å². The average Bonchev–Trinajstić information content (AvgIpc) is 1.78. The summed E-state index contributed by atoms with van der Waals surface area (Å²) in [4.78, 5) is 0. The van der Waals surface area contributed by atoms with E-state index in [4.69, 9.17) is 0 Å². The van der Waals surface area contributed by atoms with Gasteiger partial charge in [-0.2, -0.15) is 0 Å². The van der Waals surface area contributed by atoms with Crippen LogP contribution in [-0.2, 0) is 35.5 Å². The zero-order valence-corrected chi connectivity index (χ0v) is 12.3. The van der Waals surface area contributed by atoms with Crippen molar-refractivity contribution in [3.63, 3.8) is 0 Å². The van der Waals surface area contributed by atoms with Gasteiger partial charge in [-0.25, -0.2) is 0 Å². The Hall–Kier alpha value is 0.779. The predicted molar refractivity (Wildman–Crippen MR) is 51.7 cm³/mol. The Morgan fingerprint density at radius 2 is 1.46 bits per heavy atom. The zero-order chi connectivity index (χ0) is 9.99. The number of hydrogen-bond acceptors (Lipinski definition) is 0. The van der Waals surface area contributed by atoms with E-state index in [0.717, 1.165) is 0 Å². The Labute approximate surface area is 104 Å². The summed E-state index contributed by atoms with van der Waals surface area (Å²) in [5.74, 6) is 0. The van der Waals surface area contributed by atoms with E-state index in [1.165, 1.54) is 5.57 Å². The summed E-state index contributed by atoms with van der Waals surface area (Å²) in [7, 11) is 0. The monoisotopic (exact) mass is 253 g/mol. The molecule has 0 aromatic carbocycles. The van der Waals surface area contributed by atoms with Crippen molar-refractivity contribution in [2.24, 2.45) is 10.8 Å². The molecule has 0 bridgehead atoms. The van der Waals surface area contributed by atoms with Gasteiger partial charge in [0.1, 0.15) is 0 Å². The van der Waals surface area contributed by atoms with E-state index in [9.17, 15) is 0 Å². The maximum atomic E-state index is 3.49. The molecule has 0 heterocycles. The number of allylic oxidation sites excluding steroid dienone is 2. The van der Waals surface area contributed by atoms with Crippen LogP contribution in [-0.4, -0.2) is 4.73 Å². The average molecular weight is 253 g/mol. The van der Waals surface area contributed by atoms with Gasteiger partial charge < -0.3 is 0 Å². The predicted octanol–water partition coefficient (Wildman–Crippen LogP) is 3.15. The van der Waals surface area contributed by atoms with Crippen LogP contribution in [0.15, 0.2) is 5.57 Å². The van der Waals surface area contributed by atoms with Crippen LogP contribution in [0.25, 0.3) is 0 Å². The molecule has 74 valence electrons. The van der Waals surface area contributed by atoms with Crippen molar-refractivity contribution < 1.29 is 35.5 Å². The summed E-state index contributed by atoms with van der Waals surface area (Å²) in [6, 6.07) is 0. The van der Waals surface area contributed by atoms with Gasteiger partial charge in [0.15, 0.2) is 0 Å². The Balaban J connectivity index is 0. The van der Waals surface area contributed by atoms with E-state index in [1.54, 1.807) is 0 Å². The summed E-state index contributed by atoms with van der Waals surface area (Å²) >= 11 is 2.52. The van der Waals surface area contributed by atoms with Crippen LogP contribution in [0.1, 0.15) is 41.5 Å². The molecule has 0 spiro atoms. The molecule has 0 aliphatic heterocycles. The second-order valence-corrected chi connectivity index (χ2v) is 5.57. The van der Waals surface area contributed by atoms with E-state index < -0.39 is 0 Å². The molecule has 2 heteroatoms. The van der Waals surface area contributed by atoms with E-state index >= 15 is 0 Å². The van der Waals surface area contributed by atoms with Crippen LogP contribution in [0.3, 0.4) is 0 Å². The zero-order valence-electron chi connectivity index (χ0n) is 9.47. The molecule has 0 aliphatic rings. The van der Waals surface area contributed by atoms with E-state index in [-0.39, 0.29) is 29.4 Å². The quantitative estimate of drug-likeness (QED) is 0.630. The molecule has 0 aliphatic carbocycles. The van der Waals surface area contributed by atoms with Crippen LogP contribution in [0, 0.1) is 16.9 Å². The summed E-state index contributed by atoms with van der Waals surface area (Å²) in [5.41, 5.74) is 1.65. The maximum absolute atomic E-state index is 3.49. The largest absolute Gasteiger partial charge is 0 e. The molecule has 0 saturated carbocycles. The molecule has 0 saturated heterocycles. The molecule has 0 amide bonds. The third kappa shape index (κ3) is 7.82. The molecular formula is C11H19V2-. The summed E-state index contributed by atoms with van der Waals surface area (Å²) < 4.78 is 2.10. The molecule has 0 unspecified atom stereocenters. The van der Waals surface area contributed by atoms with Crippen molar-refractivity contribution in [3.8, 4) is 0 Å². The minimum atomic E-state index is 0. The molecule has 0 nitrogen and oxygen atoms in total. The molecule has 0 fully saturated rings. The van der Waals surface area contributed by atoms with Gasteiger partial charge in [-0.1, -0.05) is 0 Å². The van der Waals surface area contributed by atoms with Crippen LogP contribution in [0.5, 0.6) is 0 Å². The standard InChI is InChI=1S/C11H19.2V/c1-9(11(5,6)7)8-10(2,3)4;;/h1H,2-7H3;;/q-1;;. The van der Waals surface area contributed by atoms with Crippen LogP contribution >= 0.6 is 0 Å². The normalized spacial score (nSPS) is 13.5. The van der Waals surface area contributed by atoms with E-state index in [1.807, 2.05) is 0 Å². The Morgan fingerprint density at radius 1 is 1.08 bits per heavy atom. The van der Waals surface area contributed by atoms with Gasteiger partial charge in [0.05, 0.1) is 0 Å². The molecule has 0 aromatic rings. The molecule has 1 radical (unpaired) electrons. The van der Waals surface area contributed by atoms with Gasteiger partial charge in [0, 0.05) is 18.6 Å². The topological polar surface area (TPSA) is 0 Å². The summed E-state index contributed by atoms with van der Waals surface area (Å²) in [6.07, 6.45) is 3.49. The van der Waals surface area contributed by atoms with Gasteiger partial charge in [0.2, 0.25) is 0 Å². The Morgan fingerprint density at radius 3 is 1.54 bits per heavy atom. The van der Waals surface area contributed by atoms with Gasteiger partial charge in [0.25, 0.3) is 0 Å². The SMILES string of the molecule is CC(C)(C)[C-]=C([CH]=[V])C(C)(C)C.[V]. The fraction of sp³-hybridized carbons (Fsp3) is 0.727. The fourth-order valence-electron chi connectivity index (χ4n) is 0.817. The minimum Gasteiger partial charge on any atom is 0 e. The third-order valence-electron chi connectivity index (χ3n) is 1.45. The first-order valence-corrected chi connectivity index (χ1v) is 5.10. The van der Waals surface area contributed by atoms with E-state index in [0.29, 0.717) is 0 Å². The smallest absolute Gasteiger partial charge is 0 e. The van der Waals surface area contributed by atoms with Crippen molar-refractivity contribution in [1.29, 1.82) is 0 Å². The first-order valence-electron chi connectivity index (χ1n) is 4.30. The van der Waals surface area contributed by atoms with Crippen LogP contribution in [0.4, 0.5) is 0 Å². The second-order valence-electron chi connectivity index (χ2n) is 5.17. The molecule has 0 atom stereocenters. The summed E-state index contributed by atoms with van der Waals surface area (Å²) in [5, 5.41) is 0. The minimum absolute atomic E-state index is 0. The third-order valence-corrected chi connectivity index (χ3v) is 1.85. The molecule has 0 N–H and O–H groups in total. The first-order chi connectivity index (χ1) is 5.17. The Bertz CT molecular complexity index is 189.